The first-order valence-electron chi connectivity index (χ1n) is 10.1. The van der Waals surface area contributed by atoms with Crippen LogP contribution in [0.2, 0.25) is 0 Å². The van der Waals surface area contributed by atoms with Gasteiger partial charge in [-0.15, -0.1) is 0 Å². The van der Waals surface area contributed by atoms with Gasteiger partial charge in [-0.2, -0.15) is 0 Å². The van der Waals surface area contributed by atoms with E-state index in [0.717, 1.165) is 12.8 Å². The molecule has 0 aromatic heterocycles. The molecule has 2 saturated heterocycles. The van der Waals surface area contributed by atoms with Crippen molar-refractivity contribution in [2.24, 2.45) is 0 Å². The van der Waals surface area contributed by atoms with Crippen molar-refractivity contribution in [3.8, 4) is 0 Å². The zero-order valence-corrected chi connectivity index (χ0v) is 16.6. The lowest BCUT2D eigenvalue weighted by Gasteiger charge is -2.27. The molecule has 0 aromatic carbocycles. The maximum atomic E-state index is 11.7. The summed E-state index contributed by atoms with van der Waals surface area (Å²) in [6, 6.07) is 0. The van der Waals surface area contributed by atoms with Gasteiger partial charge in [-0.25, -0.2) is 0 Å². The number of aliphatic hydroxyl groups excluding tert-OH is 2. The molecule has 5 N–H and O–H groups in total. The fourth-order valence-corrected chi connectivity index (χ4v) is 2.94. The second-order valence-electron chi connectivity index (χ2n) is 6.94. The summed E-state index contributed by atoms with van der Waals surface area (Å²) in [5, 5.41) is 27.4. The van der Waals surface area contributed by atoms with Crippen LogP contribution in [0, 0.1) is 0 Å². The van der Waals surface area contributed by atoms with Crippen LogP contribution in [0.15, 0.2) is 0 Å². The van der Waals surface area contributed by atoms with Gasteiger partial charge in [0.05, 0.1) is 26.3 Å². The van der Waals surface area contributed by atoms with Crippen LogP contribution in [-0.2, 0) is 28.5 Å². The quantitative estimate of drug-likeness (QED) is 0.223. The number of carbonyl (C=O) groups excluding carboxylic acids is 2. The maximum Gasteiger partial charge on any atom is 0.234 e. The maximum absolute atomic E-state index is 11.7. The third-order valence-electron chi connectivity index (χ3n) is 4.46. The lowest BCUT2D eigenvalue weighted by atomic mass is 10.1. The summed E-state index contributed by atoms with van der Waals surface area (Å²) < 4.78 is 21.4. The molecule has 2 aliphatic heterocycles. The van der Waals surface area contributed by atoms with Gasteiger partial charge >= 0.3 is 0 Å². The average Bonchev–Trinajstić information content (AvgIpc) is 2.71. The van der Waals surface area contributed by atoms with Crippen molar-refractivity contribution in [1.82, 2.24) is 16.0 Å². The molecular formula is C18H33N3O8. The normalized spacial score (nSPS) is 27.4. The third kappa shape index (κ3) is 9.81. The number of nitrogens with one attached hydrogen (secondary N) is 3. The zero-order chi connectivity index (χ0) is 20.9. The highest BCUT2D eigenvalue weighted by molar-refractivity contribution is 5.81. The Hall–Kier alpha value is -1.34. The highest BCUT2D eigenvalue weighted by atomic mass is 16.7. The molecule has 4 unspecified atom stereocenters. The zero-order valence-electron chi connectivity index (χ0n) is 16.6. The van der Waals surface area contributed by atoms with Crippen molar-refractivity contribution in [2.75, 3.05) is 52.6 Å². The summed E-state index contributed by atoms with van der Waals surface area (Å²) in [7, 11) is 0. The first kappa shape index (κ1) is 23.9. The van der Waals surface area contributed by atoms with Crippen LogP contribution in [0.5, 0.6) is 0 Å². The van der Waals surface area contributed by atoms with Gasteiger partial charge in [-0.1, -0.05) is 0 Å². The van der Waals surface area contributed by atoms with Crippen molar-refractivity contribution in [3.05, 3.63) is 0 Å². The summed E-state index contributed by atoms with van der Waals surface area (Å²) in [6.45, 7) is 2.13. The monoisotopic (exact) mass is 419 g/mol. The van der Waals surface area contributed by atoms with E-state index in [4.69, 9.17) is 18.9 Å². The van der Waals surface area contributed by atoms with Crippen LogP contribution in [0.25, 0.3) is 0 Å². The third-order valence-corrected chi connectivity index (χ3v) is 4.46. The van der Waals surface area contributed by atoms with E-state index in [2.05, 4.69) is 16.0 Å². The van der Waals surface area contributed by atoms with Crippen LogP contribution >= 0.6 is 0 Å². The fraction of sp³-hybridized carbons (Fsp3) is 0.889. The van der Waals surface area contributed by atoms with E-state index in [1.807, 2.05) is 0 Å². The van der Waals surface area contributed by atoms with Crippen LogP contribution in [0.3, 0.4) is 0 Å². The minimum atomic E-state index is -0.639. The summed E-state index contributed by atoms with van der Waals surface area (Å²) in [6.07, 6.45) is 0.357. The number of rotatable bonds is 12. The summed E-state index contributed by atoms with van der Waals surface area (Å²) >= 11 is 0. The molecule has 0 saturated carbocycles. The van der Waals surface area contributed by atoms with Crippen LogP contribution in [0.1, 0.15) is 25.7 Å². The van der Waals surface area contributed by atoms with Gasteiger partial charge < -0.3 is 39.8 Å². The topological polar surface area (TPSA) is 148 Å². The van der Waals surface area contributed by atoms with E-state index >= 15 is 0 Å². The van der Waals surface area contributed by atoms with Crippen molar-refractivity contribution >= 4 is 11.8 Å². The molecule has 0 aromatic rings. The highest BCUT2D eigenvalue weighted by Crippen LogP contribution is 2.15. The number of hydrogen-bond acceptors (Lipinski definition) is 9. The Morgan fingerprint density at radius 3 is 1.69 bits per heavy atom. The molecule has 2 fully saturated rings. The molecule has 2 heterocycles. The van der Waals surface area contributed by atoms with Gasteiger partial charge in [-0.3, -0.25) is 14.9 Å². The second kappa shape index (κ2) is 13.8. The SMILES string of the molecule is O=C(CNCC(=O)NCCOC1OCCCC1O)NCCOC1OCCCC1O. The van der Waals surface area contributed by atoms with Gasteiger partial charge in [0.1, 0.15) is 12.2 Å². The van der Waals surface area contributed by atoms with Crippen molar-refractivity contribution in [2.45, 2.75) is 50.5 Å². The van der Waals surface area contributed by atoms with Gasteiger partial charge in [-0.05, 0) is 25.7 Å². The Kier molecular flexibility index (Phi) is 11.4. The molecule has 4 atom stereocenters. The summed E-state index contributed by atoms with van der Waals surface area (Å²) in [5.74, 6) is -0.531. The summed E-state index contributed by atoms with van der Waals surface area (Å²) in [5.41, 5.74) is 0. The standard InChI is InChI=1S/C18H33N3O8/c22-13-3-1-7-26-17(13)28-9-5-20-15(24)11-19-12-16(25)21-6-10-29-18-14(23)4-2-8-27-18/h13-14,17-19,22-23H,1-12H2,(H,20,24)(H,21,25). The van der Waals surface area contributed by atoms with Crippen LogP contribution in [-0.4, -0.2) is 99.4 Å². The molecule has 0 bridgehead atoms. The molecule has 168 valence electrons. The van der Waals surface area contributed by atoms with E-state index in [1.165, 1.54) is 0 Å². The predicted octanol–water partition coefficient (Wildman–Crippen LogP) is -2.16. The molecule has 2 amide bonds. The number of ether oxygens (including phenoxy) is 4. The Labute approximate surface area is 170 Å². The van der Waals surface area contributed by atoms with Crippen LogP contribution < -0.4 is 16.0 Å². The van der Waals surface area contributed by atoms with Gasteiger partial charge in [0.15, 0.2) is 12.6 Å². The van der Waals surface area contributed by atoms with E-state index < -0.39 is 24.8 Å². The molecule has 2 rings (SSSR count). The number of carbonyl (C=O) groups is 2. The van der Waals surface area contributed by atoms with Crippen molar-refractivity contribution in [3.63, 3.8) is 0 Å². The first-order valence-corrected chi connectivity index (χ1v) is 10.1. The van der Waals surface area contributed by atoms with Crippen LogP contribution in [0.4, 0.5) is 0 Å². The Morgan fingerprint density at radius 2 is 1.28 bits per heavy atom. The Bertz CT molecular complexity index is 454. The number of amides is 2. The van der Waals surface area contributed by atoms with Gasteiger partial charge in [0.2, 0.25) is 11.8 Å². The lowest BCUT2D eigenvalue weighted by Crippen LogP contribution is -2.42. The average molecular weight is 419 g/mol. The smallest absolute Gasteiger partial charge is 0.234 e. The highest BCUT2D eigenvalue weighted by Gasteiger charge is 2.25. The molecule has 0 spiro atoms. The van der Waals surface area contributed by atoms with E-state index in [1.54, 1.807) is 0 Å². The van der Waals surface area contributed by atoms with E-state index in [0.29, 0.717) is 26.1 Å². The molecule has 29 heavy (non-hydrogen) atoms. The minimum absolute atomic E-state index is 0.00538. The molecule has 2 aliphatic rings. The largest absolute Gasteiger partial charge is 0.388 e. The Morgan fingerprint density at radius 1 is 0.828 bits per heavy atom. The number of aliphatic hydroxyl groups is 2. The molecule has 0 aliphatic carbocycles. The fourth-order valence-electron chi connectivity index (χ4n) is 2.94. The number of hydrogen-bond donors (Lipinski definition) is 5. The predicted molar refractivity (Wildman–Crippen MR) is 101 cm³/mol. The first-order chi connectivity index (χ1) is 14.1. The van der Waals surface area contributed by atoms with Gasteiger partial charge in [0, 0.05) is 26.3 Å². The second-order valence-corrected chi connectivity index (χ2v) is 6.94. The Balaban J connectivity index is 1.41. The summed E-state index contributed by atoms with van der Waals surface area (Å²) in [4.78, 5) is 23.4. The lowest BCUT2D eigenvalue weighted by molar-refractivity contribution is -0.213. The van der Waals surface area contributed by atoms with Crippen molar-refractivity contribution in [1.29, 1.82) is 0 Å². The van der Waals surface area contributed by atoms with Crippen molar-refractivity contribution < 1.29 is 38.7 Å². The van der Waals surface area contributed by atoms with E-state index in [-0.39, 0.29) is 51.2 Å². The minimum Gasteiger partial charge on any atom is -0.388 e. The molecular weight excluding hydrogens is 386 g/mol. The molecule has 11 nitrogen and oxygen atoms in total. The van der Waals surface area contributed by atoms with E-state index in [9.17, 15) is 19.8 Å². The van der Waals surface area contributed by atoms with Gasteiger partial charge in [0.25, 0.3) is 0 Å². The molecule has 0 radical (unpaired) electrons. The molecule has 11 heteroatoms.